The second-order valence-electron chi connectivity index (χ2n) is 23.1. The van der Waals surface area contributed by atoms with Crippen molar-refractivity contribution in [3.63, 3.8) is 0 Å². The van der Waals surface area contributed by atoms with Gasteiger partial charge in [-0.2, -0.15) is 0 Å². The molecule has 0 aromatic heterocycles. The van der Waals surface area contributed by atoms with Crippen LogP contribution in [0, 0.1) is 0 Å². The Morgan fingerprint density at radius 3 is 1.13 bits per heavy atom. The summed E-state index contributed by atoms with van der Waals surface area (Å²) in [5.41, 5.74) is 0. The molecule has 0 fully saturated rings. The number of nitrogens with zero attached hydrogens (tertiary/aromatic N) is 1. The number of phosphoric acid groups is 1. The molecule has 0 radical (unpaired) electrons. The molecule has 78 heavy (non-hydrogen) atoms. The minimum absolute atomic E-state index is 0.0585. The van der Waals surface area contributed by atoms with E-state index in [1.165, 1.54) is 180 Å². The van der Waals surface area contributed by atoms with Gasteiger partial charge in [0, 0.05) is 6.42 Å². The van der Waals surface area contributed by atoms with Gasteiger partial charge < -0.3 is 19.8 Å². The molecule has 9 heteroatoms. The third kappa shape index (κ3) is 61.0. The summed E-state index contributed by atoms with van der Waals surface area (Å²) in [5.74, 6) is -0.179. The number of phosphoric ester groups is 1. The van der Waals surface area contributed by atoms with Crippen LogP contribution in [0.15, 0.2) is 97.2 Å². The van der Waals surface area contributed by atoms with Gasteiger partial charge in [0.25, 0.3) is 0 Å². The van der Waals surface area contributed by atoms with E-state index in [2.05, 4.69) is 104 Å². The molecule has 3 atom stereocenters. The van der Waals surface area contributed by atoms with Gasteiger partial charge in [-0.3, -0.25) is 13.8 Å². The number of amides is 1. The lowest BCUT2D eigenvalue weighted by Crippen LogP contribution is -2.45. The van der Waals surface area contributed by atoms with E-state index in [-0.39, 0.29) is 19.1 Å². The van der Waals surface area contributed by atoms with Gasteiger partial charge in [-0.15, -0.1) is 0 Å². The van der Waals surface area contributed by atoms with Crippen LogP contribution in [0.4, 0.5) is 0 Å². The van der Waals surface area contributed by atoms with Crippen LogP contribution in [0.3, 0.4) is 0 Å². The first-order chi connectivity index (χ1) is 38.0. The first-order valence-electron chi connectivity index (χ1n) is 32.6. The Balaban J connectivity index is 4.12. The van der Waals surface area contributed by atoms with Gasteiger partial charge >= 0.3 is 7.82 Å². The van der Waals surface area contributed by atoms with Crippen molar-refractivity contribution in [2.24, 2.45) is 0 Å². The summed E-state index contributed by atoms with van der Waals surface area (Å²) in [7, 11) is 1.57. The Labute approximate surface area is 483 Å². The Bertz CT molecular complexity index is 1590. The highest BCUT2D eigenvalue weighted by atomic mass is 31.2. The number of allylic oxidation sites excluding steroid dienone is 15. The molecule has 452 valence electrons. The zero-order valence-electron chi connectivity index (χ0n) is 51.6. The lowest BCUT2D eigenvalue weighted by Gasteiger charge is -2.25. The van der Waals surface area contributed by atoms with Crippen LogP contribution in [0.1, 0.15) is 284 Å². The van der Waals surface area contributed by atoms with Crippen molar-refractivity contribution in [2.45, 2.75) is 296 Å². The normalized spacial score (nSPS) is 14.4. The van der Waals surface area contributed by atoms with E-state index in [1.54, 1.807) is 6.08 Å². The SMILES string of the molecule is CC/C=C\C/C=C\C/C=C\C/C=C\C/C=C\C/C=C\C/C=C\CCCCCCCCCCCCCCCC(=O)NC(COP(=O)(O)OCC[N+](C)(C)C)C(O)/C=C/CCCCCCCCCCCCCCCCCCCCC. The number of hydrogen-bond donors (Lipinski definition) is 3. The number of rotatable bonds is 59. The molecule has 0 saturated heterocycles. The third-order valence-corrected chi connectivity index (χ3v) is 15.3. The summed E-state index contributed by atoms with van der Waals surface area (Å²) < 4.78 is 23.8. The fourth-order valence-corrected chi connectivity index (χ4v) is 10.00. The van der Waals surface area contributed by atoms with Gasteiger partial charge in [0.2, 0.25) is 5.91 Å². The average Bonchev–Trinajstić information content (AvgIpc) is 3.41. The number of carbonyl (C=O) groups excluding carboxylic acids is 1. The molecule has 3 unspecified atom stereocenters. The van der Waals surface area contributed by atoms with Crippen molar-refractivity contribution in [2.75, 3.05) is 40.9 Å². The van der Waals surface area contributed by atoms with Gasteiger partial charge in [-0.05, 0) is 77.0 Å². The van der Waals surface area contributed by atoms with Gasteiger partial charge in [-0.1, -0.05) is 297 Å². The van der Waals surface area contributed by atoms with E-state index >= 15 is 0 Å². The maximum absolute atomic E-state index is 13.0. The van der Waals surface area contributed by atoms with Gasteiger partial charge in [-0.25, -0.2) is 4.57 Å². The molecule has 0 rings (SSSR count). The highest BCUT2D eigenvalue weighted by molar-refractivity contribution is 7.47. The fraction of sp³-hybridized carbons (Fsp3) is 0.754. The lowest BCUT2D eigenvalue weighted by molar-refractivity contribution is -0.870. The van der Waals surface area contributed by atoms with Crippen LogP contribution in [0.25, 0.3) is 0 Å². The zero-order chi connectivity index (χ0) is 57.0. The number of nitrogens with one attached hydrogen (secondary N) is 1. The molecule has 8 nitrogen and oxygen atoms in total. The fourth-order valence-electron chi connectivity index (χ4n) is 9.26. The Kier molecular flexibility index (Phi) is 57.1. The van der Waals surface area contributed by atoms with Crippen molar-refractivity contribution in [3.8, 4) is 0 Å². The topological polar surface area (TPSA) is 105 Å². The van der Waals surface area contributed by atoms with Crippen molar-refractivity contribution in [1.29, 1.82) is 0 Å². The maximum atomic E-state index is 13.0. The van der Waals surface area contributed by atoms with E-state index < -0.39 is 20.0 Å². The Morgan fingerprint density at radius 1 is 0.449 bits per heavy atom. The zero-order valence-corrected chi connectivity index (χ0v) is 52.5. The second kappa shape index (κ2) is 59.1. The number of aliphatic hydroxyl groups is 1. The van der Waals surface area contributed by atoms with Crippen molar-refractivity contribution in [1.82, 2.24) is 5.32 Å². The van der Waals surface area contributed by atoms with Crippen LogP contribution in [0.2, 0.25) is 0 Å². The van der Waals surface area contributed by atoms with E-state index in [0.717, 1.165) is 83.5 Å². The first kappa shape index (κ1) is 75.4. The van der Waals surface area contributed by atoms with E-state index in [1.807, 2.05) is 27.2 Å². The minimum atomic E-state index is -4.36. The van der Waals surface area contributed by atoms with Crippen LogP contribution < -0.4 is 5.32 Å². The van der Waals surface area contributed by atoms with Crippen LogP contribution >= 0.6 is 7.82 Å². The molecule has 0 aliphatic carbocycles. The average molecular weight is 1110 g/mol. The summed E-state index contributed by atoms with van der Waals surface area (Å²) in [6, 6.07) is -0.853. The molecule has 0 saturated carbocycles. The molecule has 0 aromatic rings. The summed E-state index contributed by atoms with van der Waals surface area (Å²) >= 11 is 0. The summed E-state index contributed by atoms with van der Waals surface area (Å²) in [6.07, 6.45) is 85.2. The third-order valence-electron chi connectivity index (χ3n) is 14.3. The van der Waals surface area contributed by atoms with Crippen molar-refractivity contribution >= 4 is 13.7 Å². The summed E-state index contributed by atoms with van der Waals surface area (Å²) in [5, 5.41) is 14.0. The van der Waals surface area contributed by atoms with Gasteiger partial charge in [0.1, 0.15) is 13.2 Å². The number of quaternary nitrogens is 1. The maximum Gasteiger partial charge on any atom is 0.472 e. The van der Waals surface area contributed by atoms with Crippen LogP contribution in [-0.4, -0.2) is 73.4 Å². The van der Waals surface area contributed by atoms with Crippen molar-refractivity contribution < 1.29 is 32.9 Å². The smallest absolute Gasteiger partial charge is 0.387 e. The number of hydrogen-bond acceptors (Lipinski definition) is 5. The minimum Gasteiger partial charge on any atom is -0.387 e. The highest BCUT2D eigenvalue weighted by Crippen LogP contribution is 2.43. The highest BCUT2D eigenvalue weighted by Gasteiger charge is 2.27. The molecule has 1 amide bonds. The predicted molar refractivity (Wildman–Crippen MR) is 341 cm³/mol. The van der Waals surface area contributed by atoms with Crippen molar-refractivity contribution in [3.05, 3.63) is 97.2 Å². The molecular formula is C69H126N2O6P+. The molecule has 3 N–H and O–H groups in total. The van der Waals surface area contributed by atoms with E-state index in [4.69, 9.17) is 9.05 Å². The quantitative estimate of drug-likeness (QED) is 0.0243. The molecule has 0 heterocycles. The molecule has 0 spiro atoms. The van der Waals surface area contributed by atoms with Crippen LogP contribution in [-0.2, 0) is 18.4 Å². The van der Waals surface area contributed by atoms with E-state index in [9.17, 15) is 19.4 Å². The van der Waals surface area contributed by atoms with Crippen LogP contribution in [0.5, 0.6) is 0 Å². The standard InChI is InChI=1S/C69H125N2O6P/c1-6-8-10-12-14-16-18-20-22-24-26-28-29-30-31-32-33-34-35-36-37-38-39-40-41-43-45-47-49-51-53-55-57-59-61-63-69(73)70-67(66-77-78(74,75)76-65-64-71(3,4)5)68(72)62-60-58-56-54-52-50-48-46-44-42-27-25-23-21-19-17-15-13-11-9-7-2/h8,10,14,16,20,22,26,28,30-31,33-34,36-37,60,62,67-68,72H,6-7,9,11-13,15,17-19,21,23-25,27,29,32,35,38-59,61,63-66H2,1-5H3,(H-,70,73,74,75)/p+1/b10-8-,16-14-,22-20-,28-26-,31-30-,34-33-,37-36-,62-60+. The van der Waals surface area contributed by atoms with Gasteiger partial charge in [0.15, 0.2) is 0 Å². The molecule has 0 aliphatic heterocycles. The predicted octanol–water partition coefficient (Wildman–Crippen LogP) is 20.5. The summed E-state index contributed by atoms with van der Waals surface area (Å²) in [6.45, 7) is 4.72. The largest absolute Gasteiger partial charge is 0.472 e. The monoisotopic (exact) mass is 1110 g/mol. The lowest BCUT2D eigenvalue weighted by atomic mass is 10.0. The number of carbonyl (C=O) groups is 1. The summed E-state index contributed by atoms with van der Waals surface area (Å²) in [4.78, 5) is 23.4. The number of likely N-dealkylation sites (N-methyl/N-ethyl adjacent to an activating group) is 1. The molecule has 0 aliphatic rings. The molecule has 0 aromatic carbocycles. The Hall–Kier alpha value is -2.58. The first-order valence-corrected chi connectivity index (χ1v) is 34.1. The molecule has 0 bridgehead atoms. The molecular weight excluding hydrogens is 984 g/mol. The Morgan fingerprint density at radius 2 is 0.769 bits per heavy atom. The number of unbranched alkanes of at least 4 members (excludes halogenated alkanes) is 32. The van der Waals surface area contributed by atoms with E-state index in [0.29, 0.717) is 17.4 Å². The number of aliphatic hydroxyl groups excluding tert-OH is 1. The van der Waals surface area contributed by atoms with Gasteiger partial charge in [0.05, 0.1) is 39.9 Å². The second-order valence-corrected chi connectivity index (χ2v) is 24.6.